The van der Waals surface area contributed by atoms with E-state index in [1.165, 1.54) is 4.90 Å². The van der Waals surface area contributed by atoms with Gasteiger partial charge in [0.2, 0.25) is 5.91 Å². The molecule has 0 unspecified atom stereocenters. The van der Waals surface area contributed by atoms with Gasteiger partial charge in [-0.25, -0.2) is 4.79 Å². The maximum atomic E-state index is 12.2. The van der Waals surface area contributed by atoms with Crippen LogP contribution >= 0.6 is 0 Å². The van der Waals surface area contributed by atoms with Crippen molar-refractivity contribution < 1.29 is 14.7 Å². The van der Waals surface area contributed by atoms with Gasteiger partial charge in [0.25, 0.3) is 0 Å². The number of hydrogen-bond donors (Lipinski definition) is 1. The molecule has 1 aromatic heterocycles. The molecule has 0 bridgehead atoms. The molecule has 1 fully saturated rings. The molecule has 0 saturated carbocycles. The zero-order chi connectivity index (χ0) is 13.8. The third-order valence-corrected chi connectivity index (χ3v) is 3.61. The van der Waals surface area contributed by atoms with Crippen molar-refractivity contribution >= 4 is 11.9 Å². The Hall–Kier alpha value is -1.91. The fourth-order valence-electron chi connectivity index (χ4n) is 2.51. The average Bonchev–Trinajstić information content (AvgIpc) is 2.89. The number of carbonyl (C=O) groups is 2. The molecule has 1 saturated heterocycles. The molecule has 0 radical (unpaired) electrons. The van der Waals surface area contributed by atoms with E-state index in [4.69, 9.17) is 5.11 Å². The van der Waals surface area contributed by atoms with Crippen molar-refractivity contribution in [2.24, 2.45) is 0 Å². The Morgan fingerprint density at radius 2 is 2.16 bits per heavy atom. The first kappa shape index (κ1) is 13.5. The molecule has 1 N–H and O–H groups in total. The first-order valence-corrected chi connectivity index (χ1v) is 6.52. The summed E-state index contributed by atoms with van der Waals surface area (Å²) in [6, 6.07) is 3.13. The average molecular weight is 262 g/mol. The number of carboxylic acids is 1. The summed E-state index contributed by atoms with van der Waals surface area (Å²) in [5.74, 6) is -0.901. The van der Waals surface area contributed by atoms with E-state index in [-0.39, 0.29) is 11.8 Å². The second-order valence-electron chi connectivity index (χ2n) is 4.97. The SMILES string of the molecule is C[C@H](CC(=O)N1CCC[C@@H]1C(=O)O)c1ccncc1. The Kier molecular flexibility index (Phi) is 4.14. The number of carboxylic acid groups (broad SMARTS) is 1. The van der Waals surface area contributed by atoms with Crippen LogP contribution in [0.1, 0.15) is 37.7 Å². The Bertz CT molecular complexity index is 461. The molecule has 1 aliphatic rings. The lowest BCUT2D eigenvalue weighted by Gasteiger charge is -2.23. The molecule has 2 atom stereocenters. The van der Waals surface area contributed by atoms with Crippen molar-refractivity contribution in [2.45, 2.75) is 38.1 Å². The van der Waals surface area contributed by atoms with Crippen LogP contribution in [0.5, 0.6) is 0 Å². The molecule has 5 heteroatoms. The van der Waals surface area contributed by atoms with E-state index in [0.29, 0.717) is 19.4 Å². The first-order valence-electron chi connectivity index (χ1n) is 6.52. The highest BCUT2D eigenvalue weighted by atomic mass is 16.4. The van der Waals surface area contributed by atoms with Gasteiger partial charge in [-0.15, -0.1) is 0 Å². The molecule has 1 aliphatic heterocycles. The second kappa shape index (κ2) is 5.82. The van der Waals surface area contributed by atoms with E-state index < -0.39 is 12.0 Å². The van der Waals surface area contributed by atoms with E-state index in [9.17, 15) is 9.59 Å². The molecule has 19 heavy (non-hydrogen) atoms. The van der Waals surface area contributed by atoms with Crippen LogP contribution in [0.4, 0.5) is 0 Å². The van der Waals surface area contributed by atoms with Gasteiger partial charge < -0.3 is 10.0 Å². The molecule has 1 amide bonds. The largest absolute Gasteiger partial charge is 0.480 e. The van der Waals surface area contributed by atoms with Gasteiger partial charge in [0.1, 0.15) is 6.04 Å². The Morgan fingerprint density at radius 3 is 2.79 bits per heavy atom. The third-order valence-electron chi connectivity index (χ3n) is 3.61. The van der Waals surface area contributed by atoms with Gasteiger partial charge in [-0.05, 0) is 36.5 Å². The van der Waals surface area contributed by atoms with Crippen LogP contribution in [-0.4, -0.2) is 39.5 Å². The summed E-state index contributed by atoms with van der Waals surface area (Å²) >= 11 is 0. The van der Waals surface area contributed by atoms with E-state index in [1.807, 2.05) is 19.1 Å². The van der Waals surface area contributed by atoms with Crippen LogP contribution in [0.15, 0.2) is 24.5 Å². The highest BCUT2D eigenvalue weighted by molar-refractivity contribution is 5.84. The quantitative estimate of drug-likeness (QED) is 0.895. The topological polar surface area (TPSA) is 70.5 Å². The van der Waals surface area contributed by atoms with E-state index in [1.54, 1.807) is 12.4 Å². The molecule has 5 nitrogen and oxygen atoms in total. The van der Waals surface area contributed by atoms with Crippen LogP contribution in [0.2, 0.25) is 0 Å². The molecule has 102 valence electrons. The number of nitrogens with zero attached hydrogens (tertiary/aromatic N) is 2. The number of pyridine rings is 1. The Balaban J connectivity index is 1.99. The van der Waals surface area contributed by atoms with Crippen LogP contribution in [0.25, 0.3) is 0 Å². The van der Waals surface area contributed by atoms with Crippen molar-refractivity contribution in [1.82, 2.24) is 9.88 Å². The van der Waals surface area contributed by atoms with Gasteiger partial charge in [-0.2, -0.15) is 0 Å². The summed E-state index contributed by atoms with van der Waals surface area (Å²) < 4.78 is 0. The van der Waals surface area contributed by atoms with Gasteiger partial charge in [0.15, 0.2) is 0 Å². The smallest absolute Gasteiger partial charge is 0.326 e. The maximum absolute atomic E-state index is 12.2. The second-order valence-corrected chi connectivity index (χ2v) is 4.97. The van der Waals surface area contributed by atoms with Crippen molar-refractivity contribution in [2.75, 3.05) is 6.54 Å². The summed E-state index contributed by atoms with van der Waals surface area (Å²) in [5.41, 5.74) is 1.05. The van der Waals surface area contributed by atoms with E-state index in [0.717, 1.165) is 12.0 Å². The molecule has 0 aromatic carbocycles. The number of aromatic nitrogens is 1. The lowest BCUT2D eigenvalue weighted by Crippen LogP contribution is -2.40. The molecule has 2 rings (SSSR count). The predicted octanol–water partition coefficient (Wildman–Crippen LogP) is 1.65. The number of amides is 1. The number of likely N-dealkylation sites (tertiary alicyclic amines) is 1. The Morgan fingerprint density at radius 1 is 1.47 bits per heavy atom. The lowest BCUT2D eigenvalue weighted by molar-refractivity contribution is -0.148. The summed E-state index contributed by atoms with van der Waals surface area (Å²) in [6.45, 7) is 2.53. The summed E-state index contributed by atoms with van der Waals surface area (Å²) in [4.78, 5) is 28.7. The van der Waals surface area contributed by atoms with Gasteiger partial charge in [-0.3, -0.25) is 9.78 Å². The molecule has 2 heterocycles. The maximum Gasteiger partial charge on any atom is 0.326 e. The first-order chi connectivity index (χ1) is 9.09. The molecular weight excluding hydrogens is 244 g/mol. The number of carbonyl (C=O) groups excluding carboxylic acids is 1. The van der Waals surface area contributed by atoms with Crippen molar-refractivity contribution in [3.63, 3.8) is 0 Å². The van der Waals surface area contributed by atoms with E-state index >= 15 is 0 Å². The highest BCUT2D eigenvalue weighted by Gasteiger charge is 2.34. The van der Waals surface area contributed by atoms with Crippen LogP contribution in [-0.2, 0) is 9.59 Å². The van der Waals surface area contributed by atoms with Gasteiger partial charge in [0.05, 0.1) is 0 Å². The van der Waals surface area contributed by atoms with Gasteiger partial charge in [0, 0.05) is 25.4 Å². The molecule has 0 aliphatic carbocycles. The summed E-state index contributed by atoms with van der Waals surface area (Å²) in [7, 11) is 0. The van der Waals surface area contributed by atoms with Crippen molar-refractivity contribution in [3.05, 3.63) is 30.1 Å². The highest BCUT2D eigenvalue weighted by Crippen LogP contribution is 2.23. The zero-order valence-corrected chi connectivity index (χ0v) is 11.0. The normalized spacial score (nSPS) is 20.3. The lowest BCUT2D eigenvalue weighted by atomic mass is 9.98. The van der Waals surface area contributed by atoms with Crippen LogP contribution in [0, 0.1) is 0 Å². The fraction of sp³-hybridized carbons (Fsp3) is 0.500. The molecular formula is C14H18N2O3. The number of aliphatic carboxylic acids is 1. The minimum atomic E-state index is -0.901. The molecule has 1 aromatic rings. The van der Waals surface area contributed by atoms with Gasteiger partial charge >= 0.3 is 5.97 Å². The Labute approximate surface area is 112 Å². The zero-order valence-electron chi connectivity index (χ0n) is 11.0. The number of rotatable bonds is 4. The summed E-state index contributed by atoms with van der Waals surface area (Å²) in [6.07, 6.45) is 5.07. The van der Waals surface area contributed by atoms with Crippen molar-refractivity contribution in [3.8, 4) is 0 Å². The number of hydrogen-bond acceptors (Lipinski definition) is 3. The van der Waals surface area contributed by atoms with Crippen LogP contribution in [0.3, 0.4) is 0 Å². The van der Waals surface area contributed by atoms with Crippen LogP contribution < -0.4 is 0 Å². The minimum Gasteiger partial charge on any atom is -0.480 e. The minimum absolute atomic E-state index is 0.0746. The monoisotopic (exact) mass is 262 g/mol. The predicted molar refractivity (Wildman–Crippen MR) is 69.6 cm³/mol. The van der Waals surface area contributed by atoms with Gasteiger partial charge in [-0.1, -0.05) is 6.92 Å². The molecule has 0 spiro atoms. The third kappa shape index (κ3) is 3.10. The van der Waals surface area contributed by atoms with Crippen molar-refractivity contribution in [1.29, 1.82) is 0 Å². The van der Waals surface area contributed by atoms with E-state index in [2.05, 4.69) is 4.98 Å². The summed E-state index contributed by atoms with van der Waals surface area (Å²) in [5, 5.41) is 9.08. The fourth-order valence-corrected chi connectivity index (χ4v) is 2.51. The standard InChI is InChI=1S/C14H18N2O3/c1-10(11-4-6-15-7-5-11)9-13(17)16-8-2-3-12(16)14(18)19/h4-7,10,12H,2-3,8-9H2,1H3,(H,18,19)/t10-,12-/m1/s1.